The normalized spacial score (nSPS) is 16.0. The lowest BCUT2D eigenvalue weighted by Crippen LogP contribution is -2.19. The summed E-state index contributed by atoms with van der Waals surface area (Å²) in [7, 11) is 0. The molecule has 4 rings (SSSR count). The number of aliphatic imine (C=N–C) groups is 5. The summed E-state index contributed by atoms with van der Waals surface area (Å²) in [4.78, 5) is 69.2. The zero-order valence-electron chi connectivity index (χ0n) is 21.3. The highest BCUT2D eigenvalue weighted by Crippen LogP contribution is 2.34. The molecule has 1 aliphatic rings. The smallest absolute Gasteiger partial charge is 0.211 e. The number of benzene rings is 3. The van der Waals surface area contributed by atoms with E-state index < -0.39 is 0 Å². The molecule has 3 aromatic carbocycles. The molecule has 0 saturated heterocycles. The van der Waals surface area contributed by atoms with Gasteiger partial charge in [0.25, 0.3) is 0 Å². The van der Waals surface area contributed by atoms with Crippen molar-refractivity contribution in [2.45, 2.75) is 43.7 Å². The lowest BCUT2D eigenvalue weighted by molar-refractivity contribution is 0.394. The maximum Gasteiger partial charge on any atom is 0.240 e. The third kappa shape index (κ3) is 8.56. The van der Waals surface area contributed by atoms with Crippen molar-refractivity contribution in [2.75, 3.05) is 0 Å². The lowest BCUT2D eigenvalue weighted by atomic mass is 9.85. The monoisotopic (exact) mass is 533 g/mol. The van der Waals surface area contributed by atoms with E-state index in [1.165, 1.54) is 18.2 Å². The van der Waals surface area contributed by atoms with Gasteiger partial charge < -0.3 is 0 Å². The molecule has 0 amide bonds. The van der Waals surface area contributed by atoms with Crippen molar-refractivity contribution in [1.82, 2.24) is 0 Å². The summed E-state index contributed by atoms with van der Waals surface area (Å²) >= 11 is 0. The van der Waals surface area contributed by atoms with E-state index in [9.17, 15) is 24.0 Å². The van der Waals surface area contributed by atoms with Gasteiger partial charge in [-0.2, -0.15) is 15.0 Å². The van der Waals surface area contributed by atoms with Crippen LogP contribution in [0.3, 0.4) is 0 Å². The predicted molar refractivity (Wildman–Crippen MR) is 146 cm³/mol. The van der Waals surface area contributed by atoms with E-state index in [1.807, 2.05) is 36.4 Å². The van der Waals surface area contributed by atoms with Crippen molar-refractivity contribution in [2.24, 2.45) is 25.0 Å². The number of isocyanates is 5. The second kappa shape index (κ2) is 15.7. The first-order valence-corrected chi connectivity index (χ1v) is 12.3. The Bertz CT molecular complexity index is 1340. The van der Waals surface area contributed by atoms with Gasteiger partial charge in [0.2, 0.25) is 30.4 Å². The highest BCUT2D eigenvalue weighted by atomic mass is 16.1. The van der Waals surface area contributed by atoms with Gasteiger partial charge in [0.15, 0.2) is 0 Å². The Balaban J connectivity index is 0.000000307. The van der Waals surface area contributed by atoms with Gasteiger partial charge in [-0.1, -0.05) is 36.4 Å². The van der Waals surface area contributed by atoms with E-state index in [-0.39, 0.29) is 18.0 Å². The Morgan fingerprint density at radius 3 is 0.950 bits per heavy atom. The summed E-state index contributed by atoms with van der Waals surface area (Å²) in [6.07, 6.45) is 11.0. The molecule has 0 N–H and O–H groups in total. The Labute approximate surface area is 229 Å². The fourth-order valence-corrected chi connectivity index (χ4v) is 4.42. The van der Waals surface area contributed by atoms with E-state index in [0.29, 0.717) is 17.1 Å². The zero-order valence-corrected chi connectivity index (χ0v) is 21.3. The summed E-state index contributed by atoms with van der Waals surface area (Å²) in [6.45, 7) is 0. The molecule has 10 heteroatoms. The summed E-state index contributed by atoms with van der Waals surface area (Å²) in [5.74, 6) is -0.127. The number of carbonyl (C=O) groups excluding carboxylic acids is 5. The molecule has 3 aromatic rings. The van der Waals surface area contributed by atoms with Gasteiger partial charge in [-0.3, -0.25) is 0 Å². The fraction of sp³-hybridized carbons (Fsp3) is 0.233. The molecular formula is C30H23N5O5. The number of nitrogens with zero attached hydrogens (tertiary/aromatic N) is 5. The molecular weight excluding hydrogens is 510 g/mol. The molecule has 0 unspecified atom stereocenters. The van der Waals surface area contributed by atoms with Gasteiger partial charge >= 0.3 is 0 Å². The summed E-state index contributed by atoms with van der Waals surface area (Å²) in [6, 6.07) is 21.9. The largest absolute Gasteiger partial charge is 0.240 e. The van der Waals surface area contributed by atoms with Crippen LogP contribution in [-0.2, 0) is 24.0 Å². The Morgan fingerprint density at radius 2 is 0.725 bits per heavy atom. The topological polar surface area (TPSA) is 147 Å². The minimum atomic E-state index is -0.127. The second-order valence-corrected chi connectivity index (χ2v) is 8.72. The minimum absolute atomic E-state index is 0.0978. The van der Waals surface area contributed by atoms with Gasteiger partial charge in [0.05, 0.1) is 29.1 Å². The first-order chi connectivity index (χ1) is 19.6. The molecule has 10 nitrogen and oxygen atoms in total. The first-order valence-electron chi connectivity index (χ1n) is 12.3. The first kappa shape index (κ1) is 29.1. The SMILES string of the molecule is O=C=NC1CCC(N=C=O)CC1.O=C=Nc1ccc(C(c2ccc(N=C=O)cc2)c2ccc(N=C=O)cc2)cc1. The molecule has 1 saturated carbocycles. The molecule has 198 valence electrons. The van der Waals surface area contributed by atoms with Crippen LogP contribution in [0.2, 0.25) is 0 Å². The maximum absolute atomic E-state index is 10.4. The summed E-state index contributed by atoms with van der Waals surface area (Å²) in [5, 5.41) is 0. The van der Waals surface area contributed by atoms with Gasteiger partial charge in [-0.15, -0.1) is 0 Å². The molecule has 0 aromatic heterocycles. The molecule has 40 heavy (non-hydrogen) atoms. The number of rotatable bonds is 8. The molecule has 0 heterocycles. The van der Waals surface area contributed by atoms with Crippen molar-refractivity contribution in [3.05, 3.63) is 89.5 Å². The van der Waals surface area contributed by atoms with E-state index >= 15 is 0 Å². The molecule has 0 radical (unpaired) electrons. The molecule has 0 bridgehead atoms. The zero-order chi connectivity index (χ0) is 28.6. The van der Waals surface area contributed by atoms with Crippen molar-refractivity contribution in [1.29, 1.82) is 0 Å². The van der Waals surface area contributed by atoms with Crippen molar-refractivity contribution >= 4 is 47.5 Å². The quantitative estimate of drug-likeness (QED) is 0.206. The van der Waals surface area contributed by atoms with Crippen LogP contribution in [0.5, 0.6) is 0 Å². The van der Waals surface area contributed by atoms with Crippen molar-refractivity contribution < 1.29 is 24.0 Å². The lowest BCUT2D eigenvalue weighted by Gasteiger charge is -2.20. The van der Waals surface area contributed by atoms with E-state index in [2.05, 4.69) is 25.0 Å². The standard InChI is InChI=1S/C22H13N3O3.C8H10N2O2/c26-13-23-19-7-1-16(2-8-19)22(17-3-9-20(10-4-17)24-14-27)18-5-11-21(12-6-18)25-15-28;11-5-9-7-1-2-8(4-3-7)10-6-12/h1-12,22H;7-8H,1-4H2. The van der Waals surface area contributed by atoms with E-state index in [4.69, 9.17) is 0 Å². The summed E-state index contributed by atoms with van der Waals surface area (Å²) < 4.78 is 0. The Hall–Kier alpha value is -5.44. The second-order valence-electron chi connectivity index (χ2n) is 8.72. The van der Waals surface area contributed by atoms with Crippen molar-refractivity contribution in [3.63, 3.8) is 0 Å². The van der Waals surface area contributed by atoms with Crippen LogP contribution in [-0.4, -0.2) is 42.5 Å². The third-order valence-electron chi connectivity index (χ3n) is 6.34. The van der Waals surface area contributed by atoms with Crippen LogP contribution >= 0.6 is 0 Å². The average Bonchev–Trinajstić information content (AvgIpc) is 2.98. The van der Waals surface area contributed by atoms with E-state index in [0.717, 1.165) is 42.4 Å². The predicted octanol–water partition coefficient (Wildman–Crippen LogP) is 5.74. The molecule has 0 aliphatic heterocycles. The third-order valence-corrected chi connectivity index (χ3v) is 6.34. The fourth-order valence-electron chi connectivity index (χ4n) is 4.42. The highest BCUT2D eigenvalue weighted by molar-refractivity contribution is 5.56. The average molecular weight is 534 g/mol. The van der Waals surface area contributed by atoms with Crippen LogP contribution in [0.15, 0.2) is 97.8 Å². The van der Waals surface area contributed by atoms with Crippen LogP contribution in [0.4, 0.5) is 17.1 Å². The minimum Gasteiger partial charge on any atom is -0.211 e. The summed E-state index contributed by atoms with van der Waals surface area (Å²) in [5.41, 5.74) is 4.48. The Morgan fingerprint density at radius 1 is 0.450 bits per heavy atom. The van der Waals surface area contributed by atoms with Crippen LogP contribution in [0.25, 0.3) is 0 Å². The highest BCUT2D eigenvalue weighted by Gasteiger charge is 2.20. The number of hydrogen-bond donors (Lipinski definition) is 0. The molecule has 1 fully saturated rings. The van der Waals surface area contributed by atoms with E-state index in [1.54, 1.807) is 48.6 Å². The van der Waals surface area contributed by atoms with Crippen LogP contribution < -0.4 is 0 Å². The maximum atomic E-state index is 10.4. The van der Waals surface area contributed by atoms with Gasteiger partial charge in [0.1, 0.15) is 0 Å². The molecule has 0 atom stereocenters. The Kier molecular flexibility index (Phi) is 11.5. The molecule has 1 aliphatic carbocycles. The van der Waals surface area contributed by atoms with Gasteiger partial charge in [-0.05, 0) is 78.8 Å². The number of hydrogen-bond acceptors (Lipinski definition) is 10. The van der Waals surface area contributed by atoms with Gasteiger partial charge in [0, 0.05) is 5.92 Å². The molecule has 0 spiro atoms. The van der Waals surface area contributed by atoms with Crippen LogP contribution in [0.1, 0.15) is 48.3 Å². The van der Waals surface area contributed by atoms with Crippen LogP contribution in [0, 0.1) is 0 Å². The van der Waals surface area contributed by atoms with Gasteiger partial charge in [-0.25, -0.2) is 34.0 Å². The van der Waals surface area contributed by atoms with Crippen molar-refractivity contribution in [3.8, 4) is 0 Å².